The molecule has 148 valence electrons. The molecule has 1 amide bonds. The molecule has 3 fully saturated rings. The van der Waals surface area contributed by atoms with Gasteiger partial charge in [-0.05, 0) is 61.3 Å². The summed E-state index contributed by atoms with van der Waals surface area (Å²) in [6, 6.07) is 2.07. The van der Waals surface area contributed by atoms with Crippen LogP contribution in [0.1, 0.15) is 62.7 Å². The van der Waals surface area contributed by atoms with Gasteiger partial charge in [-0.1, -0.05) is 26.0 Å². The van der Waals surface area contributed by atoms with E-state index in [-0.39, 0.29) is 18.4 Å². The minimum absolute atomic E-state index is 0.0252. The summed E-state index contributed by atoms with van der Waals surface area (Å²) in [5.74, 6) is 1.04. The zero-order valence-electron chi connectivity index (χ0n) is 16.6. The topological polar surface area (TPSA) is 71.3 Å². The fraction of sp³-hybridized carbons (Fsp3) is 0.636. The first-order chi connectivity index (χ1) is 12.8. The molecule has 2 N–H and O–H groups in total. The summed E-state index contributed by atoms with van der Waals surface area (Å²) < 4.78 is 1.90. The summed E-state index contributed by atoms with van der Waals surface area (Å²) in [6.45, 7) is 4.68. The molecule has 5 heteroatoms. The van der Waals surface area contributed by atoms with Crippen LogP contribution in [-0.4, -0.2) is 27.6 Å². The Bertz CT molecular complexity index is 719. The molecule has 4 rings (SSSR count). The number of unbranched alkanes of at least 4 members (excludes halogenated alkanes) is 1. The van der Waals surface area contributed by atoms with E-state index >= 15 is 0 Å². The average Bonchev–Trinajstić information content (AvgIpc) is 3.04. The lowest BCUT2D eigenvalue weighted by atomic mass is 9.44. The van der Waals surface area contributed by atoms with Crippen LogP contribution in [-0.2, 0) is 11.8 Å². The van der Waals surface area contributed by atoms with E-state index in [1.54, 1.807) is 0 Å². The van der Waals surface area contributed by atoms with Crippen molar-refractivity contribution in [2.75, 3.05) is 0 Å². The van der Waals surface area contributed by atoms with E-state index in [1.165, 1.54) is 6.42 Å². The zero-order chi connectivity index (χ0) is 19.6. The molecular weight excluding hydrogens is 340 g/mol. The molecule has 0 aromatic carbocycles. The fourth-order valence-corrected chi connectivity index (χ4v) is 5.00. The Morgan fingerprint density at radius 2 is 2.11 bits per heavy atom. The Balaban J connectivity index is 1.61. The number of aromatic nitrogens is 1. The highest BCUT2D eigenvalue weighted by molar-refractivity contribution is 5.94. The third-order valence-corrected chi connectivity index (χ3v) is 6.83. The van der Waals surface area contributed by atoms with Crippen molar-refractivity contribution in [1.29, 1.82) is 0 Å². The maximum atomic E-state index is 12.7. The summed E-state index contributed by atoms with van der Waals surface area (Å²) in [4.78, 5) is 23.3. The van der Waals surface area contributed by atoms with Gasteiger partial charge in [-0.25, -0.2) is 0 Å². The molecule has 1 heterocycles. The molecular formula is C22H32N2O3. The molecule has 0 unspecified atom stereocenters. The molecule has 3 saturated carbocycles. The van der Waals surface area contributed by atoms with E-state index in [0.29, 0.717) is 23.7 Å². The normalized spacial score (nSPS) is 28.7. The Hall–Kier alpha value is -2.04. The van der Waals surface area contributed by atoms with Crippen LogP contribution < -0.4 is 5.32 Å². The van der Waals surface area contributed by atoms with Crippen molar-refractivity contribution in [3.63, 3.8) is 0 Å². The number of amides is 1. The summed E-state index contributed by atoms with van der Waals surface area (Å²) in [5.41, 5.74) is 1.02. The first-order valence-electron chi connectivity index (χ1n) is 10.1. The molecule has 4 atom stereocenters. The Kier molecular flexibility index (Phi) is 5.78. The maximum absolute atomic E-state index is 12.7. The number of rotatable bonds is 8. The lowest BCUT2D eigenvalue weighted by Gasteiger charge is -2.62. The number of hydrogen-bond donors (Lipinski definition) is 2. The summed E-state index contributed by atoms with van der Waals surface area (Å²) in [7, 11) is 1.93. The van der Waals surface area contributed by atoms with Crippen molar-refractivity contribution in [3.05, 3.63) is 36.2 Å². The van der Waals surface area contributed by atoms with Gasteiger partial charge in [0, 0.05) is 31.9 Å². The smallest absolute Gasteiger partial charge is 0.303 e. The second-order valence-corrected chi connectivity index (χ2v) is 8.91. The lowest BCUT2D eigenvalue weighted by Crippen LogP contribution is -2.63. The van der Waals surface area contributed by atoms with Gasteiger partial charge < -0.3 is 15.0 Å². The van der Waals surface area contributed by atoms with Crippen LogP contribution in [0.15, 0.2) is 30.6 Å². The number of carboxylic acids is 1. The highest BCUT2D eigenvalue weighted by Gasteiger charge is 2.57. The Morgan fingerprint density at radius 1 is 1.33 bits per heavy atom. The maximum Gasteiger partial charge on any atom is 0.303 e. The van der Waals surface area contributed by atoms with Crippen LogP contribution in [0, 0.1) is 23.2 Å². The van der Waals surface area contributed by atoms with Crippen LogP contribution in [0.4, 0.5) is 0 Å². The van der Waals surface area contributed by atoms with Crippen molar-refractivity contribution in [2.45, 2.75) is 58.4 Å². The number of fused-ring (bicyclic) bond motifs is 2. The SMILES string of the molecule is Cn1ccc(C(=O)N[C@@H]2[C@@H](C/C=C/CCCC(=O)O)C[C@H]3C[C@@H]2C3(C)C)c1. The predicted octanol–water partition coefficient (Wildman–Crippen LogP) is 4.01. The number of nitrogens with zero attached hydrogens (tertiary/aromatic N) is 1. The summed E-state index contributed by atoms with van der Waals surface area (Å²) in [6.07, 6.45) is 13.1. The van der Waals surface area contributed by atoms with Crippen LogP contribution in [0.5, 0.6) is 0 Å². The molecule has 5 nitrogen and oxygen atoms in total. The number of allylic oxidation sites excluding steroid dienone is 2. The van der Waals surface area contributed by atoms with Crippen molar-refractivity contribution >= 4 is 11.9 Å². The van der Waals surface area contributed by atoms with Crippen LogP contribution in [0.3, 0.4) is 0 Å². The monoisotopic (exact) mass is 372 g/mol. The minimum atomic E-state index is -0.735. The minimum Gasteiger partial charge on any atom is -0.481 e. The second-order valence-electron chi connectivity index (χ2n) is 8.91. The van der Waals surface area contributed by atoms with Gasteiger partial charge in [-0.15, -0.1) is 0 Å². The molecule has 3 aliphatic rings. The summed E-state index contributed by atoms with van der Waals surface area (Å²) >= 11 is 0. The lowest BCUT2D eigenvalue weighted by molar-refractivity contribution is -0.137. The largest absolute Gasteiger partial charge is 0.481 e. The highest BCUT2D eigenvalue weighted by Crippen LogP contribution is 2.61. The van der Waals surface area contributed by atoms with Gasteiger partial charge in [0.1, 0.15) is 0 Å². The average molecular weight is 373 g/mol. The van der Waals surface area contributed by atoms with Gasteiger partial charge in [0.05, 0.1) is 5.56 Å². The van der Waals surface area contributed by atoms with Gasteiger partial charge in [-0.2, -0.15) is 0 Å². The number of carboxylic acid groups (broad SMARTS) is 1. The van der Waals surface area contributed by atoms with E-state index in [2.05, 4.69) is 31.3 Å². The standard InChI is InChI=1S/C22H32N2O3/c1-22(2)17-12-15(8-6-4-5-7-9-19(25)26)20(18(22)13-17)23-21(27)16-10-11-24(3)14-16/h4,6,10-11,14-15,17-18,20H,5,7-9,12-13H2,1-3H3,(H,23,27)(H,25,26)/b6-4+/t15-,17-,18-,20+/m0/s1. The molecule has 0 spiro atoms. The third-order valence-electron chi connectivity index (χ3n) is 6.83. The van der Waals surface area contributed by atoms with Crippen molar-refractivity contribution in [2.24, 2.45) is 30.2 Å². The highest BCUT2D eigenvalue weighted by atomic mass is 16.4. The molecule has 0 radical (unpaired) electrons. The van der Waals surface area contributed by atoms with E-state index in [0.717, 1.165) is 30.7 Å². The molecule has 0 aliphatic heterocycles. The first-order valence-corrected chi connectivity index (χ1v) is 10.1. The number of carbonyl (C=O) groups is 2. The van der Waals surface area contributed by atoms with Crippen LogP contribution in [0.2, 0.25) is 0 Å². The zero-order valence-corrected chi connectivity index (χ0v) is 16.6. The molecule has 3 aliphatic carbocycles. The van der Waals surface area contributed by atoms with Crippen molar-refractivity contribution in [1.82, 2.24) is 9.88 Å². The number of hydrogen-bond acceptors (Lipinski definition) is 2. The van der Waals surface area contributed by atoms with E-state index in [1.807, 2.05) is 30.1 Å². The van der Waals surface area contributed by atoms with Crippen molar-refractivity contribution in [3.8, 4) is 0 Å². The van der Waals surface area contributed by atoms with Gasteiger partial charge in [0.15, 0.2) is 0 Å². The second kappa shape index (κ2) is 7.91. The van der Waals surface area contributed by atoms with Crippen LogP contribution >= 0.6 is 0 Å². The molecule has 2 bridgehead atoms. The Labute approximate surface area is 161 Å². The summed E-state index contributed by atoms with van der Waals surface area (Å²) in [5, 5.41) is 12.1. The Morgan fingerprint density at radius 3 is 2.74 bits per heavy atom. The third kappa shape index (κ3) is 4.28. The first kappa shape index (κ1) is 19.7. The van der Waals surface area contributed by atoms with Crippen molar-refractivity contribution < 1.29 is 14.7 Å². The molecule has 1 aromatic heterocycles. The quantitative estimate of drug-likeness (QED) is 0.535. The molecule has 0 saturated heterocycles. The van der Waals surface area contributed by atoms with Gasteiger partial charge in [0.2, 0.25) is 0 Å². The number of carbonyl (C=O) groups excluding carboxylic acids is 1. The van der Waals surface area contributed by atoms with Gasteiger partial charge >= 0.3 is 5.97 Å². The number of aliphatic carboxylic acids is 1. The van der Waals surface area contributed by atoms with Gasteiger partial charge in [-0.3, -0.25) is 9.59 Å². The van der Waals surface area contributed by atoms with E-state index < -0.39 is 5.97 Å². The fourth-order valence-electron chi connectivity index (χ4n) is 5.00. The molecule has 27 heavy (non-hydrogen) atoms. The van der Waals surface area contributed by atoms with E-state index in [9.17, 15) is 9.59 Å². The van der Waals surface area contributed by atoms with Crippen LogP contribution in [0.25, 0.3) is 0 Å². The van der Waals surface area contributed by atoms with Gasteiger partial charge in [0.25, 0.3) is 5.91 Å². The number of aryl methyl sites for hydroxylation is 1. The predicted molar refractivity (Wildman–Crippen MR) is 105 cm³/mol. The number of nitrogens with one attached hydrogen (secondary N) is 1. The van der Waals surface area contributed by atoms with E-state index in [4.69, 9.17) is 5.11 Å². The molecule has 1 aromatic rings.